The summed E-state index contributed by atoms with van der Waals surface area (Å²) in [7, 11) is 0. The Morgan fingerprint density at radius 2 is 1.89 bits per heavy atom. The highest BCUT2D eigenvalue weighted by Gasteiger charge is 2.34. The highest BCUT2D eigenvalue weighted by atomic mass is 14.7. The number of allylic oxidation sites excluding steroid dienone is 1. The molecule has 2 aliphatic rings. The number of hydrogen-bond donors (Lipinski definition) is 0. The molecule has 0 fully saturated rings. The third-order valence-corrected chi connectivity index (χ3v) is 6.23. The molecule has 0 spiro atoms. The van der Waals surface area contributed by atoms with Crippen LogP contribution in [0.15, 0.2) is 36.5 Å². The van der Waals surface area contributed by atoms with E-state index in [9.17, 15) is 0 Å². The van der Waals surface area contributed by atoms with Gasteiger partial charge in [-0.25, -0.2) is 0 Å². The quantitative estimate of drug-likeness (QED) is 0.492. The van der Waals surface area contributed by atoms with Crippen molar-refractivity contribution in [3.05, 3.63) is 75.6 Å². The second kappa shape index (κ2) is 5.79. The van der Waals surface area contributed by atoms with Crippen LogP contribution in [0.25, 0.3) is 21.9 Å². The Morgan fingerprint density at radius 1 is 1.07 bits per heavy atom. The van der Waals surface area contributed by atoms with Gasteiger partial charge >= 0.3 is 0 Å². The third-order valence-electron chi connectivity index (χ3n) is 6.23. The average Bonchev–Trinajstić information content (AvgIpc) is 2.89. The fourth-order valence-corrected chi connectivity index (χ4v) is 5.42. The molecule has 3 aromatic rings. The molecule has 0 radical (unpaired) electrons. The Morgan fingerprint density at radius 3 is 2.67 bits per heavy atom. The first-order chi connectivity index (χ1) is 12.9. The van der Waals surface area contributed by atoms with Gasteiger partial charge in [0.2, 0.25) is 0 Å². The van der Waals surface area contributed by atoms with Crippen LogP contribution in [-0.4, -0.2) is 4.98 Å². The Bertz CT molecular complexity index is 1130. The van der Waals surface area contributed by atoms with Gasteiger partial charge in [-0.2, -0.15) is 0 Å². The first-order valence-corrected chi connectivity index (χ1v) is 10.2. The van der Waals surface area contributed by atoms with Crippen LogP contribution < -0.4 is 0 Å². The molecule has 1 aromatic heterocycles. The molecule has 1 heterocycles. The molecule has 0 aliphatic heterocycles. The monoisotopic (exact) mass is 353 g/mol. The molecule has 27 heavy (non-hydrogen) atoms. The van der Waals surface area contributed by atoms with Gasteiger partial charge in [-0.1, -0.05) is 50.6 Å². The van der Waals surface area contributed by atoms with Crippen molar-refractivity contribution in [1.82, 2.24) is 4.98 Å². The van der Waals surface area contributed by atoms with E-state index in [1.54, 1.807) is 0 Å². The molecular formula is C26H27N. The van der Waals surface area contributed by atoms with Gasteiger partial charge in [0.1, 0.15) is 0 Å². The van der Waals surface area contributed by atoms with Crippen molar-refractivity contribution in [3.8, 4) is 0 Å². The van der Waals surface area contributed by atoms with E-state index in [1.807, 2.05) is 6.20 Å². The van der Waals surface area contributed by atoms with Gasteiger partial charge in [0.05, 0.1) is 5.69 Å². The maximum absolute atomic E-state index is 4.88. The van der Waals surface area contributed by atoms with E-state index >= 15 is 0 Å². The van der Waals surface area contributed by atoms with Crippen LogP contribution in [0, 0.1) is 19.8 Å². The zero-order valence-electron chi connectivity index (χ0n) is 17.0. The number of aryl methyl sites for hydroxylation is 2. The second-order valence-electron chi connectivity index (χ2n) is 9.00. The largest absolute Gasteiger partial charge is 0.256 e. The zero-order chi connectivity index (χ0) is 18.9. The van der Waals surface area contributed by atoms with Crippen molar-refractivity contribution in [2.45, 2.75) is 53.4 Å². The lowest BCUT2D eigenvalue weighted by atomic mass is 9.76. The minimum Gasteiger partial charge on any atom is -0.256 e. The topological polar surface area (TPSA) is 12.9 Å². The van der Waals surface area contributed by atoms with Crippen LogP contribution in [0.4, 0.5) is 0 Å². The first-order valence-electron chi connectivity index (χ1n) is 10.2. The highest BCUT2D eigenvalue weighted by molar-refractivity contribution is 6.17. The van der Waals surface area contributed by atoms with Crippen LogP contribution in [0.1, 0.15) is 72.2 Å². The Kier molecular flexibility index (Phi) is 3.59. The third kappa shape index (κ3) is 2.41. The molecule has 1 nitrogen and oxygen atoms in total. The summed E-state index contributed by atoms with van der Waals surface area (Å²) >= 11 is 0. The number of hydrogen-bond acceptors (Lipinski definition) is 1. The maximum atomic E-state index is 4.88. The van der Waals surface area contributed by atoms with Gasteiger partial charge in [-0.3, -0.25) is 4.98 Å². The van der Waals surface area contributed by atoms with Gasteiger partial charge in [0.25, 0.3) is 0 Å². The molecule has 0 bridgehead atoms. The first kappa shape index (κ1) is 16.7. The fraction of sp³-hybridized carbons (Fsp3) is 0.346. The van der Waals surface area contributed by atoms with Crippen LogP contribution >= 0.6 is 0 Å². The second-order valence-corrected chi connectivity index (χ2v) is 9.00. The summed E-state index contributed by atoms with van der Waals surface area (Å²) in [5.41, 5.74) is 12.7. The van der Waals surface area contributed by atoms with E-state index in [4.69, 9.17) is 4.98 Å². The molecule has 5 rings (SSSR count). The smallest absolute Gasteiger partial charge is 0.0795 e. The van der Waals surface area contributed by atoms with Gasteiger partial charge < -0.3 is 0 Å². The summed E-state index contributed by atoms with van der Waals surface area (Å²) in [6.45, 7) is 11.5. The molecule has 0 N–H and O–H groups in total. The van der Waals surface area contributed by atoms with E-state index in [1.165, 1.54) is 61.0 Å². The van der Waals surface area contributed by atoms with E-state index < -0.39 is 0 Å². The van der Waals surface area contributed by atoms with Crippen LogP contribution in [0.2, 0.25) is 0 Å². The van der Waals surface area contributed by atoms with Crippen LogP contribution in [-0.2, 0) is 6.42 Å². The lowest BCUT2D eigenvalue weighted by molar-refractivity contribution is 0.647. The molecule has 0 saturated carbocycles. The van der Waals surface area contributed by atoms with Crippen molar-refractivity contribution in [1.29, 1.82) is 0 Å². The van der Waals surface area contributed by atoms with Gasteiger partial charge in [-0.15, -0.1) is 0 Å². The molecular weight excluding hydrogens is 326 g/mol. The van der Waals surface area contributed by atoms with Crippen LogP contribution in [0.3, 0.4) is 0 Å². The fourth-order valence-electron chi connectivity index (χ4n) is 5.42. The molecule has 136 valence electrons. The highest BCUT2D eigenvalue weighted by Crippen LogP contribution is 2.53. The summed E-state index contributed by atoms with van der Waals surface area (Å²) < 4.78 is 0. The van der Waals surface area contributed by atoms with Crippen molar-refractivity contribution in [2.75, 3.05) is 0 Å². The number of fused-ring (bicyclic) bond motifs is 4. The molecule has 0 amide bonds. The van der Waals surface area contributed by atoms with Gasteiger partial charge in [-0.05, 0) is 83.4 Å². The summed E-state index contributed by atoms with van der Waals surface area (Å²) in [6.07, 6.45) is 4.24. The minimum atomic E-state index is 0.553. The maximum Gasteiger partial charge on any atom is 0.0795 e. The molecule has 1 unspecified atom stereocenters. The molecule has 1 heteroatoms. The number of nitrogens with zero attached hydrogens (tertiary/aromatic N) is 1. The number of rotatable bonds is 2. The predicted octanol–water partition coefficient (Wildman–Crippen LogP) is 6.83. The van der Waals surface area contributed by atoms with E-state index in [0.29, 0.717) is 11.8 Å². The van der Waals surface area contributed by atoms with Crippen LogP contribution in [0.5, 0.6) is 0 Å². The summed E-state index contributed by atoms with van der Waals surface area (Å²) in [5.74, 6) is 1.22. The summed E-state index contributed by atoms with van der Waals surface area (Å²) in [6, 6.07) is 11.7. The molecule has 2 aliphatic carbocycles. The molecule has 0 saturated heterocycles. The average molecular weight is 354 g/mol. The SMILES string of the molecule is Cc1cc(C)c2c(c1)C1=C(CC2C)c2cc(CC(C)C)cc3ccnc1c23. The van der Waals surface area contributed by atoms with Crippen molar-refractivity contribution >= 4 is 21.9 Å². The zero-order valence-corrected chi connectivity index (χ0v) is 17.0. The Hall–Kier alpha value is -2.41. The number of pyridine rings is 1. The van der Waals surface area contributed by atoms with Crippen molar-refractivity contribution in [2.24, 2.45) is 5.92 Å². The summed E-state index contributed by atoms with van der Waals surface area (Å²) in [4.78, 5) is 4.88. The van der Waals surface area contributed by atoms with Gasteiger partial charge in [0, 0.05) is 17.2 Å². The van der Waals surface area contributed by atoms with Crippen molar-refractivity contribution < 1.29 is 0 Å². The van der Waals surface area contributed by atoms with Gasteiger partial charge in [0.15, 0.2) is 0 Å². The Balaban J connectivity index is 1.83. The molecule has 2 aromatic carbocycles. The lowest BCUT2D eigenvalue weighted by Crippen LogP contribution is -2.10. The minimum absolute atomic E-state index is 0.553. The Labute approximate surface area is 162 Å². The number of benzene rings is 2. The van der Waals surface area contributed by atoms with E-state index in [0.717, 1.165) is 12.8 Å². The predicted molar refractivity (Wildman–Crippen MR) is 115 cm³/mol. The van der Waals surface area contributed by atoms with E-state index in [2.05, 4.69) is 65.0 Å². The summed E-state index contributed by atoms with van der Waals surface area (Å²) in [5, 5.41) is 2.72. The normalized spacial score (nSPS) is 17.6. The number of aromatic nitrogens is 1. The lowest BCUT2D eigenvalue weighted by Gasteiger charge is -2.27. The standard InChI is InChI=1S/C26H27N/c1-14(2)8-18-12-19-6-7-27-26-24(19)21(13-18)20-11-17(5)23-16(4)9-15(3)10-22(23)25(20)26/h6-7,9-10,12-14,17H,8,11H2,1-5H3. The molecule has 1 atom stereocenters. The van der Waals surface area contributed by atoms with Crippen molar-refractivity contribution in [3.63, 3.8) is 0 Å². The van der Waals surface area contributed by atoms with E-state index in [-0.39, 0.29) is 0 Å².